The molecule has 2 heterocycles. The quantitative estimate of drug-likeness (QED) is 0.649. The zero-order valence-electron chi connectivity index (χ0n) is 8.55. The van der Waals surface area contributed by atoms with Crippen molar-refractivity contribution in [2.45, 2.75) is 6.42 Å². The van der Waals surface area contributed by atoms with Crippen molar-refractivity contribution in [2.75, 3.05) is 11.4 Å². The molecule has 1 atom stereocenters. The summed E-state index contributed by atoms with van der Waals surface area (Å²) >= 11 is 0. The Morgan fingerprint density at radius 2 is 2.44 bits per heavy atom. The summed E-state index contributed by atoms with van der Waals surface area (Å²) in [6, 6.07) is 5.21. The van der Waals surface area contributed by atoms with Crippen LogP contribution in [0.15, 0.2) is 18.3 Å². The molecule has 1 aliphatic heterocycles. The van der Waals surface area contributed by atoms with Crippen molar-refractivity contribution < 1.29 is 4.79 Å². The molecule has 0 bridgehead atoms. The smallest absolute Gasteiger partial charge is 0.229 e. The van der Waals surface area contributed by atoms with Gasteiger partial charge in [-0.15, -0.1) is 12.3 Å². The Balaban J connectivity index is 2.29. The second-order valence-electron chi connectivity index (χ2n) is 3.59. The van der Waals surface area contributed by atoms with Crippen LogP contribution in [0.3, 0.4) is 0 Å². The number of amides is 1. The maximum absolute atomic E-state index is 11.7. The number of carbonyl (C=O) groups excluding carboxylic acids is 1. The van der Waals surface area contributed by atoms with E-state index in [0.29, 0.717) is 24.3 Å². The summed E-state index contributed by atoms with van der Waals surface area (Å²) in [7, 11) is 0. The molecule has 16 heavy (non-hydrogen) atoms. The predicted octanol–water partition coefficient (Wildman–Crippen LogP) is 0.939. The molecule has 78 valence electrons. The van der Waals surface area contributed by atoms with Crippen LogP contribution in [0.5, 0.6) is 0 Å². The van der Waals surface area contributed by atoms with Crippen molar-refractivity contribution in [3.05, 3.63) is 23.9 Å². The number of nitriles is 1. The summed E-state index contributed by atoms with van der Waals surface area (Å²) in [6.45, 7) is 0.483. The zero-order valence-corrected chi connectivity index (χ0v) is 8.55. The van der Waals surface area contributed by atoms with E-state index in [4.69, 9.17) is 11.7 Å². The minimum Gasteiger partial charge on any atom is -0.295 e. The summed E-state index contributed by atoms with van der Waals surface area (Å²) in [5.41, 5.74) is 0.488. The summed E-state index contributed by atoms with van der Waals surface area (Å²) < 4.78 is 0. The highest BCUT2D eigenvalue weighted by molar-refractivity contribution is 5.95. The van der Waals surface area contributed by atoms with Crippen molar-refractivity contribution in [1.29, 1.82) is 5.26 Å². The van der Waals surface area contributed by atoms with Crippen LogP contribution in [-0.2, 0) is 4.79 Å². The van der Waals surface area contributed by atoms with E-state index in [-0.39, 0.29) is 11.8 Å². The van der Waals surface area contributed by atoms with E-state index in [0.717, 1.165) is 0 Å². The molecule has 4 nitrogen and oxygen atoms in total. The molecule has 0 N–H and O–H groups in total. The molecule has 2 rings (SSSR count). The lowest BCUT2D eigenvalue weighted by molar-refractivity contribution is -0.117. The Labute approximate surface area is 93.5 Å². The SMILES string of the molecule is C#CC1CC(=O)N(c2cc(C#N)ccn2)C1. The molecule has 4 heteroatoms. The highest BCUT2D eigenvalue weighted by atomic mass is 16.2. The van der Waals surface area contributed by atoms with Crippen molar-refractivity contribution in [3.63, 3.8) is 0 Å². The van der Waals surface area contributed by atoms with E-state index in [1.54, 1.807) is 12.1 Å². The number of terminal acetylenes is 1. The van der Waals surface area contributed by atoms with Crippen LogP contribution in [0.4, 0.5) is 5.82 Å². The van der Waals surface area contributed by atoms with Gasteiger partial charge >= 0.3 is 0 Å². The van der Waals surface area contributed by atoms with Gasteiger partial charge in [-0.2, -0.15) is 5.26 Å². The normalized spacial score (nSPS) is 19.2. The van der Waals surface area contributed by atoms with Crippen molar-refractivity contribution in [3.8, 4) is 18.4 Å². The third kappa shape index (κ3) is 1.74. The lowest BCUT2D eigenvalue weighted by Crippen LogP contribution is -2.25. The van der Waals surface area contributed by atoms with Crippen LogP contribution in [0, 0.1) is 29.6 Å². The maximum Gasteiger partial charge on any atom is 0.229 e. The van der Waals surface area contributed by atoms with Gasteiger partial charge in [-0.3, -0.25) is 9.69 Å². The molecule has 0 spiro atoms. The van der Waals surface area contributed by atoms with Gasteiger partial charge in [-0.1, -0.05) is 0 Å². The Kier molecular flexibility index (Phi) is 2.57. The highest BCUT2D eigenvalue weighted by Crippen LogP contribution is 2.23. The fraction of sp³-hybridized carbons (Fsp3) is 0.250. The molecular weight excluding hydrogens is 202 g/mol. The van der Waals surface area contributed by atoms with Crippen LogP contribution in [0.25, 0.3) is 0 Å². The van der Waals surface area contributed by atoms with Crippen LogP contribution < -0.4 is 4.90 Å². The van der Waals surface area contributed by atoms with Gasteiger partial charge in [0.25, 0.3) is 0 Å². The van der Waals surface area contributed by atoms with Gasteiger partial charge in [-0.05, 0) is 12.1 Å². The Morgan fingerprint density at radius 3 is 3.06 bits per heavy atom. The number of hydrogen-bond acceptors (Lipinski definition) is 3. The number of nitrogens with zero attached hydrogens (tertiary/aromatic N) is 3. The van der Waals surface area contributed by atoms with Gasteiger partial charge in [0, 0.05) is 25.1 Å². The summed E-state index contributed by atoms with van der Waals surface area (Å²) in [5.74, 6) is 2.98. The van der Waals surface area contributed by atoms with Gasteiger partial charge in [0.2, 0.25) is 5.91 Å². The minimum atomic E-state index is -0.0555. The van der Waals surface area contributed by atoms with Crippen molar-refractivity contribution in [1.82, 2.24) is 4.98 Å². The van der Waals surface area contributed by atoms with E-state index in [1.165, 1.54) is 11.1 Å². The molecule has 0 radical (unpaired) electrons. The third-order valence-corrected chi connectivity index (χ3v) is 2.51. The summed E-state index contributed by atoms with van der Waals surface area (Å²) in [4.78, 5) is 17.3. The molecular formula is C12H9N3O. The first-order valence-electron chi connectivity index (χ1n) is 4.87. The van der Waals surface area contributed by atoms with Gasteiger partial charge in [0.15, 0.2) is 0 Å². The largest absolute Gasteiger partial charge is 0.295 e. The topological polar surface area (TPSA) is 57.0 Å². The van der Waals surface area contributed by atoms with Crippen LogP contribution in [-0.4, -0.2) is 17.4 Å². The van der Waals surface area contributed by atoms with E-state index in [1.807, 2.05) is 6.07 Å². The average molecular weight is 211 g/mol. The molecule has 1 amide bonds. The van der Waals surface area contributed by atoms with E-state index in [9.17, 15) is 4.79 Å². The summed E-state index contributed by atoms with van der Waals surface area (Å²) in [6.07, 6.45) is 7.17. The van der Waals surface area contributed by atoms with E-state index < -0.39 is 0 Å². The Morgan fingerprint density at radius 1 is 1.62 bits per heavy atom. The standard InChI is InChI=1S/C12H9N3O/c1-2-9-6-12(16)15(8-9)11-5-10(7-13)3-4-14-11/h1,3-5,9H,6,8H2. The summed E-state index contributed by atoms with van der Waals surface area (Å²) in [5, 5.41) is 8.76. The van der Waals surface area contributed by atoms with Crippen LogP contribution >= 0.6 is 0 Å². The number of carbonyl (C=O) groups is 1. The van der Waals surface area contributed by atoms with E-state index >= 15 is 0 Å². The number of pyridine rings is 1. The lowest BCUT2D eigenvalue weighted by atomic mass is 10.1. The first-order valence-corrected chi connectivity index (χ1v) is 4.87. The monoisotopic (exact) mass is 211 g/mol. The second kappa shape index (κ2) is 4.04. The van der Waals surface area contributed by atoms with Crippen molar-refractivity contribution in [2.24, 2.45) is 5.92 Å². The average Bonchev–Trinajstić information content (AvgIpc) is 2.71. The van der Waals surface area contributed by atoms with Crippen molar-refractivity contribution >= 4 is 11.7 Å². The zero-order chi connectivity index (χ0) is 11.5. The van der Waals surface area contributed by atoms with E-state index in [2.05, 4.69) is 10.9 Å². The first kappa shape index (κ1) is 10.2. The molecule has 0 saturated carbocycles. The van der Waals surface area contributed by atoms with Gasteiger partial charge in [0.05, 0.1) is 11.6 Å². The maximum atomic E-state index is 11.7. The fourth-order valence-corrected chi connectivity index (χ4v) is 1.68. The highest BCUT2D eigenvalue weighted by Gasteiger charge is 2.30. The number of rotatable bonds is 1. The minimum absolute atomic E-state index is 0.0365. The fourth-order valence-electron chi connectivity index (χ4n) is 1.68. The van der Waals surface area contributed by atoms with Gasteiger partial charge in [0.1, 0.15) is 5.82 Å². The van der Waals surface area contributed by atoms with Gasteiger partial charge in [-0.25, -0.2) is 4.98 Å². The third-order valence-electron chi connectivity index (χ3n) is 2.51. The molecule has 0 aliphatic carbocycles. The number of aromatic nitrogens is 1. The van der Waals surface area contributed by atoms with Gasteiger partial charge < -0.3 is 0 Å². The molecule has 1 fully saturated rings. The first-order chi connectivity index (χ1) is 7.74. The predicted molar refractivity (Wildman–Crippen MR) is 58.2 cm³/mol. The number of anilines is 1. The molecule has 0 aromatic carbocycles. The molecule has 1 aromatic heterocycles. The van der Waals surface area contributed by atoms with Crippen LogP contribution in [0.1, 0.15) is 12.0 Å². The Hall–Kier alpha value is -2.33. The molecule has 1 aliphatic rings. The molecule has 1 aromatic rings. The molecule has 1 saturated heterocycles. The number of hydrogen-bond donors (Lipinski definition) is 0. The van der Waals surface area contributed by atoms with Crippen LogP contribution in [0.2, 0.25) is 0 Å². The second-order valence-corrected chi connectivity index (χ2v) is 3.59. The Bertz CT molecular complexity index is 510. The molecule has 1 unspecified atom stereocenters. The lowest BCUT2D eigenvalue weighted by Gasteiger charge is -2.14.